The topological polar surface area (TPSA) is 101 Å². The van der Waals surface area contributed by atoms with E-state index in [-0.39, 0.29) is 16.6 Å². The minimum atomic E-state index is -3.72. The van der Waals surface area contributed by atoms with E-state index >= 15 is 0 Å². The van der Waals surface area contributed by atoms with Gasteiger partial charge in [-0.3, -0.25) is 9.10 Å². The molecule has 1 N–H and O–H groups in total. The number of nitrogens with one attached hydrogen (secondary N) is 1. The average Bonchev–Trinajstić information content (AvgIpc) is 2.76. The molecule has 0 saturated carbocycles. The molecule has 0 aliphatic carbocycles. The van der Waals surface area contributed by atoms with Gasteiger partial charge in [-0.15, -0.1) is 0 Å². The molecule has 0 radical (unpaired) electrons. The second-order valence-electron chi connectivity index (χ2n) is 6.39. The highest BCUT2D eigenvalue weighted by molar-refractivity contribution is 7.99. The predicted octanol–water partition coefficient (Wildman–Crippen LogP) is 3.02. The molecule has 0 atom stereocenters. The van der Waals surface area contributed by atoms with Gasteiger partial charge in [0.15, 0.2) is 5.16 Å². The van der Waals surface area contributed by atoms with Crippen LogP contribution in [0.5, 0.6) is 5.75 Å². The number of anilines is 2. The Kier molecular flexibility index (Phi) is 5.35. The van der Waals surface area contributed by atoms with Crippen molar-refractivity contribution < 1.29 is 17.9 Å². The Bertz CT molecular complexity index is 1230. The highest BCUT2D eigenvalue weighted by Gasteiger charge is 2.34. The van der Waals surface area contributed by atoms with Gasteiger partial charge in [-0.2, -0.15) is 0 Å². The number of methoxy groups -OCH3 is 1. The van der Waals surface area contributed by atoms with Crippen molar-refractivity contribution >= 4 is 39.1 Å². The van der Waals surface area contributed by atoms with Gasteiger partial charge in [0.05, 0.1) is 36.1 Å². The molecule has 0 bridgehead atoms. The van der Waals surface area contributed by atoms with E-state index in [4.69, 9.17) is 4.74 Å². The molecule has 1 aromatic heterocycles. The van der Waals surface area contributed by atoms with Crippen LogP contribution in [0.4, 0.5) is 11.4 Å². The van der Waals surface area contributed by atoms with Gasteiger partial charge >= 0.3 is 0 Å². The zero-order valence-corrected chi connectivity index (χ0v) is 17.8. The molecule has 0 saturated heterocycles. The summed E-state index contributed by atoms with van der Waals surface area (Å²) >= 11 is 1.13. The van der Waals surface area contributed by atoms with E-state index in [9.17, 15) is 13.2 Å². The summed E-state index contributed by atoms with van der Waals surface area (Å²) in [7, 11) is -0.691. The fourth-order valence-electron chi connectivity index (χ4n) is 3.10. The van der Waals surface area contributed by atoms with Gasteiger partial charge in [-0.05, 0) is 18.2 Å². The average molecular weight is 443 g/mol. The second kappa shape index (κ2) is 7.96. The summed E-state index contributed by atoms with van der Waals surface area (Å²) in [6.07, 6.45) is 1.30. The number of amides is 1. The van der Waals surface area contributed by atoms with Gasteiger partial charge in [0.25, 0.3) is 10.0 Å². The van der Waals surface area contributed by atoms with Crippen LogP contribution in [0, 0.1) is 0 Å². The molecule has 154 valence electrons. The quantitative estimate of drug-likeness (QED) is 0.479. The summed E-state index contributed by atoms with van der Waals surface area (Å²) < 4.78 is 32.0. The van der Waals surface area contributed by atoms with Crippen LogP contribution in [0.15, 0.2) is 64.8 Å². The molecular weight excluding hydrogens is 424 g/mol. The fourth-order valence-corrected chi connectivity index (χ4v) is 5.01. The number of carbonyl (C=O) groups excluding carboxylic acids is 1. The van der Waals surface area contributed by atoms with Gasteiger partial charge in [0.1, 0.15) is 10.6 Å². The Morgan fingerprint density at radius 3 is 2.70 bits per heavy atom. The van der Waals surface area contributed by atoms with Crippen molar-refractivity contribution in [3.05, 3.63) is 54.7 Å². The summed E-state index contributed by atoms with van der Waals surface area (Å²) in [4.78, 5) is 21.0. The Morgan fingerprint density at radius 2 is 1.90 bits per heavy atom. The predicted molar refractivity (Wildman–Crippen MR) is 115 cm³/mol. The maximum atomic E-state index is 12.8. The molecule has 8 nitrogen and oxygen atoms in total. The maximum Gasteiger partial charge on any atom is 0.267 e. The van der Waals surface area contributed by atoms with Crippen molar-refractivity contribution in [3.8, 4) is 17.0 Å². The highest BCUT2D eigenvalue weighted by Crippen LogP contribution is 2.41. The summed E-state index contributed by atoms with van der Waals surface area (Å²) in [6.45, 7) is 0. The first-order valence-electron chi connectivity index (χ1n) is 8.93. The lowest BCUT2D eigenvalue weighted by Gasteiger charge is -2.28. The van der Waals surface area contributed by atoms with Gasteiger partial charge in [0.2, 0.25) is 5.91 Å². The van der Waals surface area contributed by atoms with E-state index in [1.807, 2.05) is 18.2 Å². The van der Waals surface area contributed by atoms with Crippen LogP contribution in [-0.2, 0) is 14.8 Å². The molecule has 0 unspecified atom stereocenters. The fraction of sp³-hybridized carbons (Fsp3) is 0.150. The molecule has 1 aliphatic heterocycles. The van der Waals surface area contributed by atoms with Crippen LogP contribution in [-0.4, -0.2) is 44.2 Å². The SMILES string of the molecule is COc1ccccc1NC(=O)CSc1ncc2c(n1)-c1ccccc1N(C)S2(=O)=O. The number of sulfonamides is 1. The van der Waals surface area contributed by atoms with Crippen molar-refractivity contribution in [2.75, 3.05) is 29.5 Å². The zero-order chi connectivity index (χ0) is 21.3. The number of carbonyl (C=O) groups is 1. The molecule has 0 fully saturated rings. The molecule has 1 aliphatic rings. The summed E-state index contributed by atoms with van der Waals surface area (Å²) in [5.41, 5.74) is 2.16. The normalized spacial score (nSPS) is 13.9. The van der Waals surface area contributed by atoms with Crippen molar-refractivity contribution in [1.82, 2.24) is 9.97 Å². The van der Waals surface area contributed by atoms with E-state index in [0.29, 0.717) is 33.5 Å². The maximum absolute atomic E-state index is 12.8. The van der Waals surface area contributed by atoms with Crippen molar-refractivity contribution in [3.63, 3.8) is 0 Å². The van der Waals surface area contributed by atoms with Crippen LogP contribution >= 0.6 is 11.8 Å². The minimum Gasteiger partial charge on any atom is -0.495 e. The van der Waals surface area contributed by atoms with Crippen molar-refractivity contribution in [2.45, 2.75) is 10.1 Å². The third-order valence-electron chi connectivity index (χ3n) is 4.58. The van der Waals surface area contributed by atoms with Crippen LogP contribution in [0.3, 0.4) is 0 Å². The number of thioether (sulfide) groups is 1. The molecule has 2 aromatic carbocycles. The number of benzene rings is 2. The number of fused-ring (bicyclic) bond motifs is 3. The van der Waals surface area contributed by atoms with Gasteiger partial charge in [-0.25, -0.2) is 18.4 Å². The molecule has 0 spiro atoms. The van der Waals surface area contributed by atoms with E-state index in [1.54, 1.807) is 30.3 Å². The third kappa shape index (κ3) is 3.59. The molecular formula is C20H18N4O4S2. The Hall–Kier alpha value is -3.11. The van der Waals surface area contributed by atoms with Gasteiger partial charge in [0, 0.05) is 12.6 Å². The van der Waals surface area contributed by atoms with Crippen LogP contribution < -0.4 is 14.4 Å². The third-order valence-corrected chi connectivity index (χ3v) is 7.22. The number of ether oxygens (including phenoxy) is 1. The van der Waals surface area contributed by atoms with Crippen LogP contribution in [0.1, 0.15) is 0 Å². The largest absolute Gasteiger partial charge is 0.495 e. The molecule has 2 heterocycles. The monoisotopic (exact) mass is 442 g/mol. The first-order chi connectivity index (χ1) is 14.4. The molecule has 10 heteroatoms. The smallest absolute Gasteiger partial charge is 0.267 e. The summed E-state index contributed by atoms with van der Waals surface area (Å²) in [5.74, 6) is 0.371. The Labute approximate surface area is 178 Å². The van der Waals surface area contributed by atoms with Crippen molar-refractivity contribution in [1.29, 1.82) is 0 Å². The number of para-hydroxylation sites is 3. The van der Waals surface area contributed by atoms with E-state index in [1.165, 1.54) is 24.7 Å². The van der Waals surface area contributed by atoms with Crippen LogP contribution in [0.25, 0.3) is 11.3 Å². The summed E-state index contributed by atoms with van der Waals surface area (Å²) in [5, 5.41) is 3.10. The van der Waals surface area contributed by atoms with E-state index in [0.717, 1.165) is 11.8 Å². The molecule has 30 heavy (non-hydrogen) atoms. The standard InChI is InChI=1S/C20H18N4O4S2/c1-24-15-9-5-3-7-13(15)19-17(30(24,26)27)11-21-20(23-19)29-12-18(25)22-14-8-4-6-10-16(14)28-2/h3-11H,12H2,1-2H3,(H,22,25). The summed E-state index contributed by atoms with van der Waals surface area (Å²) in [6, 6.07) is 14.2. The Morgan fingerprint density at radius 1 is 1.17 bits per heavy atom. The van der Waals surface area contributed by atoms with Gasteiger partial charge in [-0.1, -0.05) is 42.1 Å². The lowest BCUT2D eigenvalue weighted by molar-refractivity contribution is -0.113. The van der Waals surface area contributed by atoms with Gasteiger partial charge < -0.3 is 10.1 Å². The van der Waals surface area contributed by atoms with Crippen molar-refractivity contribution in [2.24, 2.45) is 0 Å². The molecule has 3 aromatic rings. The van der Waals surface area contributed by atoms with E-state index < -0.39 is 10.0 Å². The lowest BCUT2D eigenvalue weighted by atomic mass is 10.1. The first kappa shape index (κ1) is 20.2. The number of hydrogen-bond acceptors (Lipinski definition) is 7. The number of nitrogens with zero attached hydrogens (tertiary/aromatic N) is 3. The molecule has 1 amide bonds. The minimum absolute atomic E-state index is 0.0477. The highest BCUT2D eigenvalue weighted by atomic mass is 32.2. The van der Waals surface area contributed by atoms with E-state index in [2.05, 4.69) is 15.3 Å². The van der Waals surface area contributed by atoms with Crippen LogP contribution in [0.2, 0.25) is 0 Å². The Balaban J connectivity index is 1.56. The second-order valence-corrected chi connectivity index (χ2v) is 9.27. The zero-order valence-electron chi connectivity index (χ0n) is 16.2. The lowest BCUT2D eigenvalue weighted by Crippen LogP contribution is -2.31. The first-order valence-corrected chi connectivity index (χ1v) is 11.4. The number of aromatic nitrogens is 2. The molecule has 4 rings (SSSR count). The number of rotatable bonds is 5. The number of hydrogen-bond donors (Lipinski definition) is 1.